The van der Waals surface area contributed by atoms with Gasteiger partial charge in [-0.25, -0.2) is 9.97 Å². The van der Waals surface area contributed by atoms with Gasteiger partial charge in [-0.15, -0.1) is 0 Å². The first-order chi connectivity index (χ1) is 7.36. The highest BCUT2D eigenvalue weighted by molar-refractivity contribution is 14.1. The number of hydrogen-bond acceptors (Lipinski definition) is 3. The van der Waals surface area contributed by atoms with Crippen LogP contribution >= 0.6 is 22.6 Å². The molecule has 0 bridgehead atoms. The normalized spacial score (nSPS) is 18.5. The number of rotatable bonds is 2. The topological polar surface area (TPSA) is 37.8 Å². The fraction of sp³-hybridized carbons (Fsp3) is 0.636. The first-order valence-electron chi connectivity index (χ1n) is 5.58. The molecule has 0 spiro atoms. The van der Waals surface area contributed by atoms with Crippen LogP contribution < -0.4 is 5.32 Å². The fourth-order valence-electron chi connectivity index (χ4n) is 2.04. The molecule has 4 heteroatoms. The second-order valence-electron chi connectivity index (χ2n) is 4.05. The Hall–Kier alpha value is -0.390. The fourth-order valence-corrected chi connectivity index (χ4v) is 2.49. The Labute approximate surface area is 104 Å². The molecule has 0 radical (unpaired) electrons. The smallest absolute Gasteiger partial charge is 0.143 e. The molecule has 1 heterocycles. The number of nitrogens with zero attached hydrogens (tertiary/aromatic N) is 2. The predicted molar refractivity (Wildman–Crippen MR) is 69.9 cm³/mol. The zero-order chi connectivity index (χ0) is 10.5. The van der Waals surface area contributed by atoms with E-state index in [1.54, 1.807) is 6.33 Å². The van der Waals surface area contributed by atoms with Gasteiger partial charge in [0.15, 0.2) is 0 Å². The Morgan fingerprint density at radius 3 is 2.60 bits per heavy atom. The molecule has 3 nitrogen and oxygen atoms in total. The SMILES string of the molecule is Ic1cncnc1NC1CCCCCC1. The third-order valence-electron chi connectivity index (χ3n) is 2.86. The predicted octanol–water partition coefficient (Wildman–Crippen LogP) is 3.22. The zero-order valence-corrected chi connectivity index (χ0v) is 10.9. The summed E-state index contributed by atoms with van der Waals surface area (Å²) in [6.07, 6.45) is 11.5. The van der Waals surface area contributed by atoms with Crippen LogP contribution in [-0.4, -0.2) is 16.0 Å². The summed E-state index contributed by atoms with van der Waals surface area (Å²) in [6, 6.07) is 0.607. The molecule has 0 unspecified atom stereocenters. The summed E-state index contributed by atoms with van der Waals surface area (Å²) in [5, 5.41) is 3.53. The third-order valence-corrected chi connectivity index (χ3v) is 3.65. The first-order valence-corrected chi connectivity index (χ1v) is 6.66. The molecule has 15 heavy (non-hydrogen) atoms. The lowest BCUT2D eigenvalue weighted by atomic mass is 10.1. The van der Waals surface area contributed by atoms with Crippen molar-refractivity contribution in [2.24, 2.45) is 0 Å². The lowest BCUT2D eigenvalue weighted by molar-refractivity contribution is 0.617. The molecule has 1 saturated carbocycles. The molecule has 0 aliphatic heterocycles. The number of hydrogen-bond donors (Lipinski definition) is 1. The Balaban J connectivity index is 1.98. The van der Waals surface area contributed by atoms with Gasteiger partial charge in [0.05, 0.1) is 3.57 Å². The molecular formula is C11H16IN3. The van der Waals surface area contributed by atoms with Crippen molar-refractivity contribution in [3.8, 4) is 0 Å². The summed E-state index contributed by atoms with van der Waals surface area (Å²) in [5.41, 5.74) is 0. The van der Waals surface area contributed by atoms with Crippen molar-refractivity contribution in [2.45, 2.75) is 44.6 Å². The van der Waals surface area contributed by atoms with Crippen LogP contribution in [0.3, 0.4) is 0 Å². The van der Waals surface area contributed by atoms with E-state index in [0.29, 0.717) is 6.04 Å². The van der Waals surface area contributed by atoms with Gasteiger partial charge in [0, 0.05) is 12.2 Å². The van der Waals surface area contributed by atoms with Gasteiger partial charge >= 0.3 is 0 Å². The van der Waals surface area contributed by atoms with Crippen molar-refractivity contribution in [3.63, 3.8) is 0 Å². The lowest BCUT2D eigenvalue weighted by Crippen LogP contribution is -2.19. The molecule has 0 aromatic carbocycles. The summed E-state index contributed by atoms with van der Waals surface area (Å²) in [7, 11) is 0. The van der Waals surface area contributed by atoms with E-state index in [1.165, 1.54) is 38.5 Å². The van der Waals surface area contributed by atoms with E-state index in [4.69, 9.17) is 0 Å². The van der Waals surface area contributed by atoms with Crippen molar-refractivity contribution in [1.82, 2.24) is 9.97 Å². The highest BCUT2D eigenvalue weighted by Gasteiger charge is 2.13. The highest BCUT2D eigenvalue weighted by Crippen LogP contribution is 2.22. The second-order valence-corrected chi connectivity index (χ2v) is 5.21. The van der Waals surface area contributed by atoms with Crippen LogP contribution in [0.5, 0.6) is 0 Å². The molecule has 1 aromatic rings. The van der Waals surface area contributed by atoms with E-state index in [9.17, 15) is 0 Å². The average Bonchev–Trinajstić information content (AvgIpc) is 2.50. The molecule has 1 aliphatic carbocycles. The monoisotopic (exact) mass is 317 g/mol. The summed E-state index contributed by atoms with van der Waals surface area (Å²) >= 11 is 2.28. The number of nitrogens with one attached hydrogen (secondary N) is 1. The highest BCUT2D eigenvalue weighted by atomic mass is 127. The van der Waals surface area contributed by atoms with Gasteiger partial charge in [0.25, 0.3) is 0 Å². The summed E-state index contributed by atoms with van der Waals surface area (Å²) in [5.74, 6) is 0.998. The maximum Gasteiger partial charge on any atom is 0.143 e. The third kappa shape index (κ3) is 3.29. The van der Waals surface area contributed by atoms with Gasteiger partial charge in [-0.1, -0.05) is 25.7 Å². The van der Waals surface area contributed by atoms with Crippen molar-refractivity contribution < 1.29 is 0 Å². The van der Waals surface area contributed by atoms with E-state index in [0.717, 1.165) is 9.39 Å². The molecule has 2 rings (SSSR count). The van der Waals surface area contributed by atoms with E-state index >= 15 is 0 Å². The molecule has 1 fully saturated rings. The Bertz CT molecular complexity index is 308. The molecule has 0 amide bonds. The van der Waals surface area contributed by atoms with Crippen LogP contribution in [0, 0.1) is 3.57 Å². The van der Waals surface area contributed by atoms with Gasteiger partial charge < -0.3 is 5.32 Å². The first kappa shape index (κ1) is 11.1. The van der Waals surface area contributed by atoms with E-state index in [1.807, 2.05) is 6.20 Å². The average molecular weight is 317 g/mol. The van der Waals surface area contributed by atoms with Gasteiger partial charge in [0.1, 0.15) is 12.1 Å². The van der Waals surface area contributed by atoms with Crippen molar-refractivity contribution in [3.05, 3.63) is 16.1 Å². The van der Waals surface area contributed by atoms with Crippen LogP contribution in [0.1, 0.15) is 38.5 Å². The van der Waals surface area contributed by atoms with Gasteiger partial charge in [-0.2, -0.15) is 0 Å². The molecule has 82 valence electrons. The van der Waals surface area contributed by atoms with E-state index in [-0.39, 0.29) is 0 Å². The van der Waals surface area contributed by atoms with Gasteiger partial charge in [-0.3, -0.25) is 0 Å². The molecule has 1 aliphatic rings. The number of aromatic nitrogens is 2. The van der Waals surface area contributed by atoms with E-state index in [2.05, 4.69) is 37.9 Å². The van der Waals surface area contributed by atoms with Crippen LogP contribution in [0.2, 0.25) is 0 Å². The molecule has 0 saturated heterocycles. The van der Waals surface area contributed by atoms with Crippen LogP contribution in [-0.2, 0) is 0 Å². The summed E-state index contributed by atoms with van der Waals surface area (Å²) in [6.45, 7) is 0. The number of halogens is 1. The second kappa shape index (κ2) is 5.63. The van der Waals surface area contributed by atoms with Crippen LogP contribution in [0.25, 0.3) is 0 Å². The minimum atomic E-state index is 0.607. The zero-order valence-electron chi connectivity index (χ0n) is 8.75. The Morgan fingerprint density at radius 1 is 1.20 bits per heavy atom. The molecule has 1 N–H and O–H groups in total. The molecule has 0 atom stereocenters. The number of anilines is 1. The summed E-state index contributed by atoms with van der Waals surface area (Å²) < 4.78 is 1.11. The Morgan fingerprint density at radius 2 is 1.93 bits per heavy atom. The van der Waals surface area contributed by atoms with Crippen molar-refractivity contribution >= 4 is 28.4 Å². The van der Waals surface area contributed by atoms with Gasteiger partial charge in [0.2, 0.25) is 0 Å². The lowest BCUT2D eigenvalue weighted by Gasteiger charge is -2.17. The van der Waals surface area contributed by atoms with Crippen molar-refractivity contribution in [1.29, 1.82) is 0 Å². The summed E-state index contributed by atoms with van der Waals surface area (Å²) in [4.78, 5) is 8.27. The van der Waals surface area contributed by atoms with E-state index < -0.39 is 0 Å². The van der Waals surface area contributed by atoms with Gasteiger partial charge in [-0.05, 0) is 35.4 Å². The maximum atomic E-state index is 4.27. The quantitative estimate of drug-likeness (QED) is 0.672. The molecule has 1 aromatic heterocycles. The largest absolute Gasteiger partial charge is 0.366 e. The maximum absolute atomic E-state index is 4.27. The molecular weight excluding hydrogens is 301 g/mol. The minimum absolute atomic E-state index is 0.607. The standard InChI is InChI=1S/C11H16IN3/c12-10-7-13-8-14-11(10)15-9-5-3-1-2-4-6-9/h7-9H,1-6H2,(H,13,14,15). The van der Waals surface area contributed by atoms with Crippen LogP contribution in [0.15, 0.2) is 12.5 Å². The van der Waals surface area contributed by atoms with Crippen LogP contribution in [0.4, 0.5) is 5.82 Å². The van der Waals surface area contributed by atoms with Crippen molar-refractivity contribution in [2.75, 3.05) is 5.32 Å². The minimum Gasteiger partial charge on any atom is -0.366 e. The Kier molecular flexibility index (Phi) is 4.17.